The lowest BCUT2D eigenvalue weighted by Crippen LogP contribution is -2.40. The molecule has 0 aliphatic heterocycles. The van der Waals surface area contributed by atoms with Gasteiger partial charge in [-0.05, 0) is 54.1 Å². The molecule has 2 amide bonds. The molecule has 1 N–H and O–H groups in total. The third kappa shape index (κ3) is 4.75. The SMILES string of the molecule is CC(C)CN(C(=O)Nc1ccc(F)c(Cl)c1)C(C)c1cn(C)c(=O)c2cc(F)c(F)cc12. The van der Waals surface area contributed by atoms with Gasteiger partial charge >= 0.3 is 6.03 Å². The average Bonchev–Trinajstić information content (AvgIpc) is 2.72. The highest BCUT2D eigenvalue weighted by Crippen LogP contribution is 2.29. The van der Waals surface area contributed by atoms with Crippen LogP contribution < -0.4 is 10.9 Å². The van der Waals surface area contributed by atoms with Crippen molar-refractivity contribution in [2.24, 2.45) is 13.0 Å². The van der Waals surface area contributed by atoms with Crippen LogP contribution in [0.5, 0.6) is 0 Å². The first-order chi connectivity index (χ1) is 15.0. The first kappa shape index (κ1) is 23.7. The number of aryl methyl sites for hydroxylation is 1. The number of rotatable bonds is 5. The molecule has 1 heterocycles. The Morgan fingerprint density at radius 3 is 2.28 bits per heavy atom. The smallest absolute Gasteiger partial charge is 0.318 e. The van der Waals surface area contributed by atoms with E-state index >= 15 is 0 Å². The van der Waals surface area contributed by atoms with E-state index in [1.165, 1.54) is 34.8 Å². The highest BCUT2D eigenvalue weighted by Gasteiger charge is 2.26. The minimum atomic E-state index is -1.12. The molecule has 0 spiro atoms. The van der Waals surface area contributed by atoms with E-state index in [4.69, 9.17) is 11.6 Å². The Kier molecular flexibility index (Phi) is 6.83. The Balaban J connectivity index is 2.06. The van der Waals surface area contributed by atoms with Crippen LogP contribution in [0.4, 0.5) is 23.7 Å². The quantitative estimate of drug-likeness (QED) is 0.513. The Morgan fingerprint density at radius 1 is 1.06 bits per heavy atom. The van der Waals surface area contributed by atoms with Crippen molar-refractivity contribution < 1.29 is 18.0 Å². The van der Waals surface area contributed by atoms with E-state index in [-0.39, 0.29) is 21.7 Å². The van der Waals surface area contributed by atoms with Crippen molar-refractivity contribution in [3.05, 3.63) is 74.9 Å². The standard InChI is InChI=1S/C23H23ClF3N3O2/c1-12(2)10-30(23(32)28-14-5-6-19(25)18(24)7-14)13(3)17-11-29(4)22(31)16-9-21(27)20(26)8-15(16)17/h5-9,11-13H,10H2,1-4H3,(H,28,32). The molecular formula is C23H23ClF3N3O2. The lowest BCUT2D eigenvalue weighted by Gasteiger charge is -2.32. The molecule has 1 atom stereocenters. The van der Waals surface area contributed by atoms with Crippen molar-refractivity contribution in [2.45, 2.75) is 26.8 Å². The summed E-state index contributed by atoms with van der Waals surface area (Å²) in [6, 6.07) is 4.58. The van der Waals surface area contributed by atoms with Crippen molar-refractivity contribution in [3.63, 3.8) is 0 Å². The van der Waals surface area contributed by atoms with Gasteiger partial charge in [0, 0.05) is 25.5 Å². The number of halogens is 4. The van der Waals surface area contributed by atoms with Crippen molar-refractivity contribution in [1.29, 1.82) is 0 Å². The van der Waals surface area contributed by atoms with Gasteiger partial charge < -0.3 is 14.8 Å². The van der Waals surface area contributed by atoms with Crippen LogP contribution in [0.15, 0.2) is 41.3 Å². The molecule has 5 nitrogen and oxygen atoms in total. The van der Waals surface area contributed by atoms with Crippen LogP contribution in [0.2, 0.25) is 5.02 Å². The number of nitrogens with one attached hydrogen (secondary N) is 1. The van der Waals surface area contributed by atoms with E-state index in [9.17, 15) is 22.8 Å². The molecule has 0 radical (unpaired) electrons. The minimum Gasteiger partial charge on any atom is -0.318 e. The zero-order chi connectivity index (χ0) is 23.7. The summed E-state index contributed by atoms with van der Waals surface area (Å²) in [5.74, 6) is -2.74. The van der Waals surface area contributed by atoms with Crippen molar-refractivity contribution in [2.75, 3.05) is 11.9 Å². The van der Waals surface area contributed by atoms with E-state index < -0.39 is 35.1 Å². The van der Waals surface area contributed by atoms with Gasteiger partial charge in [-0.2, -0.15) is 0 Å². The summed E-state index contributed by atoms with van der Waals surface area (Å²) in [4.78, 5) is 27.1. The van der Waals surface area contributed by atoms with Gasteiger partial charge in [0.25, 0.3) is 5.56 Å². The summed E-state index contributed by atoms with van der Waals surface area (Å²) < 4.78 is 42.6. The second-order valence-corrected chi connectivity index (χ2v) is 8.50. The van der Waals surface area contributed by atoms with Gasteiger partial charge in [0.1, 0.15) is 5.82 Å². The third-order valence-corrected chi connectivity index (χ3v) is 5.46. The average molecular weight is 466 g/mol. The molecule has 0 saturated heterocycles. The Morgan fingerprint density at radius 2 is 1.69 bits per heavy atom. The molecule has 0 saturated carbocycles. The Labute approximate surface area is 188 Å². The third-order valence-electron chi connectivity index (χ3n) is 5.17. The van der Waals surface area contributed by atoms with Gasteiger partial charge in [-0.25, -0.2) is 18.0 Å². The maximum atomic E-state index is 14.0. The van der Waals surface area contributed by atoms with E-state index in [0.29, 0.717) is 17.8 Å². The van der Waals surface area contributed by atoms with E-state index in [1.54, 1.807) is 6.92 Å². The summed E-state index contributed by atoms with van der Waals surface area (Å²) in [5.41, 5.74) is 0.311. The monoisotopic (exact) mass is 465 g/mol. The fourth-order valence-electron chi connectivity index (χ4n) is 3.57. The predicted molar refractivity (Wildman–Crippen MR) is 119 cm³/mol. The lowest BCUT2D eigenvalue weighted by atomic mass is 10.00. The highest BCUT2D eigenvalue weighted by molar-refractivity contribution is 6.31. The number of aromatic nitrogens is 1. The molecular weight excluding hydrogens is 443 g/mol. The molecule has 1 unspecified atom stereocenters. The fourth-order valence-corrected chi connectivity index (χ4v) is 3.75. The van der Waals surface area contributed by atoms with Crippen LogP contribution in [0.1, 0.15) is 32.4 Å². The Hall–Kier alpha value is -3.00. The topological polar surface area (TPSA) is 54.3 Å². The summed E-state index contributed by atoms with van der Waals surface area (Å²) in [6.07, 6.45) is 1.52. The normalized spacial score (nSPS) is 12.3. The zero-order valence-electron chi connectivity index (χ0n) is 18.0. The number of fused-ring (bicyclic) bond motifs is 1. The Bertz CT molecular complexity index is 1240. The molecule has 3 aromatic rings. The van der Waals surface area contributed by atoms with Crippen molar-refractivity contribution >= 4 is 34.1 Å². The first-order valence-corrected chi connectivity index (χ1v) is 10.4. The number of anilines is 1. The lowest BCUT2D eigenvalue weighted by molar-refractivity contribution is 0.184. The molecule has 9 heteroatoms. The first-order valence-electron chi connectivity index (χ1n) is 10.0. The molecule has 0 bridgehead atoms. The number of pyridine rings is 1. The summed E-state index contributed by atoms with van der Waals surface area (Å²) in [5, 5.41) is 2.81. The summed E-state index contributed by atoms with van der Waals surface area (Å²) in [7, 11) is 1.51. The molecule has 1 aromatic heterocycles. The number of benzene rings is 2. The number of carbonyl (C=O) groups excluding carboxylic acids is 1. The number of urea groups is 1. The van der Waals surface area contributed by atoms with Crippen LogP contribution in [-0.2, 0) is 7.05 Å². The molecule has 3 rings (SSSR count). The van der Waals surface area contributed by atoms with Gasteiger partial charge in [0.2, 0.25) is 0 Å². The largest absolute Gasteiger partial charge is 0.322 e. The van der Waals surface area contributed by atoms with Crippen LogP contribution >= 0.6 is 11.6 Å². The predicted octanol–water partition coefficient (Wildman–Crippen LogP) is 5.86. The number of amides is 2. The maximum Gasteiger partial charge on any atom is 0.322 e. The maximum absolute atomic E-state index is 14.0. The number of carbonyl (C=O) groups is 1. The fraction of sp³-hybridized carbons (Fsp3) is 0.304. The minimum absolute atomic E-state index is 0.0194. The van der Waals surface area contributed by atoms with Crippen LogP contribution in [0.25, 0.3) is 10.8 Å². The molecule has 32 heavy (non-hydrogen) atoms. The van der Waals surface area contributed by atoms with Crippen LogP contribution in [0, 0.1) is 23.4 Å². The molecule has 0 aliphatic carbocycles. The van der Waals surface area contributed by atoms with Crippen molar-refractivity contribution in [3.8, 4) is 0 Å². The van der Waals surface area contributed by atoms with Crippen LogP contribution in [-0.4, -0.2) is 22.0 Å². The van der Waals surface area contributed by atoms with E-state index in [0.717, 1.165) is 18.2 Å². The van der Waals surface area contributed by atoms with Crippen LogP contribution in [0.3, 0.4) is 0 Å². The number of hydrogen-bond acceptors (Lipinski definition) is 2. The molecule has 170 valence electrons. The summed E-state index contributed by atoms with van der Waals surface area (Å²) in [6.45, 7) is 5.92. The molecule has 0 fully saturated rings. The van der Waals surface area contributed by atoms with E-state index in [2.05, 4.69) is 5.32 Å². The number of nitrogens with zero attached hydrogens (tertiary/aromatic N) is 2. The second-order valence-electron chi connectivity index (χ2n) is 8.09. The van der Waals surface area contributed by atoms with Gasteiger partial charge in [-0.3, -0.25) is 4.79 Å². The van der Waals surface area contributed by atoms with E-state index in [1.807, 2.05) is 13.8 Å². The van der Waals surface area contributed by atoms with Gasteiger partial charge in [-0.15, -0.1) is 0 Å². The number of hydrogen-bond donors (Lipinski definition) is 1. The van der Waals surface area contributed by atoms with Gasteiger partial charge in [0.05, 0.1) is 16.5 Å². The molecule has 2 aromatic carbocycles. The van der Waals surface area contributed by atoms with Crippen molar-refractivity contribution in [1.82, 2.24) is 9.47 Å². The zero-order valence-corrected chi connectivity index (χ0v) is 18.8. The summed E-state index contributed by atoms with van der Waals surface area (Å²) >= 11 is 5.81. The highest BCUT2D eigenvalue weighted by atomic mass is 35.5. The van der Waals surface area contributed by atoms with Gasteiger partial charge in [-0.1, -0.05) is 25.4 Å². The second kappa shape index (κ2) is 9.24. The van der Waals surface area contributed by atoms with Gasteiger partial charge in [0.15, 0.2) is 11.6 Å². The molecule has 0 aliphatic rings.